The summed E-state index contributed by atoms with van der Waals surface area (Å²) < 4.78 is 15.5. The van der Waals surface area contributed by atoms with Gasteiger partial charge < -0.3 is 15.0 Å². The molecule has 150 valence electrons. The highest BCUT2D eigenvalue weighted by molar-refractivity contribution is 6.31. The lowest BCUT2D eigenvalue weighted by Crippen LogP contribution is -2.43. The molecule has 0 saturated heterocycles. The molecule has 0 spiro atoms. The van der Waals surface area contributed by atoms with Crippen molar-refractivity contribution < 1.29 is 19.1 Å². The Hall–Kier alpha value is -3.19. The van der Waals surface area contributed by atoms with Crippen LogP contribution < -0.4 is 10.7 Å². The standard InChI is InChI=1S/C21H18ClFN2O4/c1-2-25-11-14(19(26)13-9-16(23)15(22)10-18(13)25)20(27)24-17(21(28)29)8-12-6-4-3-5-7-12/h3-7,9-11,17H,2,8H2,1H3,(H,24,27)(H,28,29)/t17-/m0/s1. The van der Waals surface area contributed by atoms with Gasteiger partial charge in [-0.15, -0.1) is 0 Å². The molecule has 2 N–H and O–H groups in total. The van der Waals surface area contributed by atoms with Crippen LogP contribution in [0, 0.1) is 5.82 Å². The zero-order valence-corrected chi connectivity index (χ0v) is 16.2. The molecule has 6 nitrogen and oxygen atoms in total. The second kappa shape index (κ2) is 8.45. The Morgan fingerprint density at radius 1 is 1.24 bits per heavy atom. The Labute approximate surface area is 170 Å². The second-order valence-corrected chi connectivity index (χ2v) is 6.90. The van der Waals surface area contributed by atoms with E-state index in [1.807, 2.05) is 0 Å². The van der Waals surface area contributed by atoms with Crippen LogP contribution in [0.2, 0.25) is 5.02 Å². The number of rotatable bonds is 6. The second-order valence-electron chi connectivity index (χ2n) is 6.50. The molecule has 1 amide bonds. The molecule has 0 aliphatic heterocycles. The molecular formula is C21H18ClFN2O4. The number of aromatic nitrogens is 1. The molecule has 0 fully saturated rings. The molecule has 1 heterocycles. The van der Waals surface area contributed by atoms with E-state index in [0.717, 1.165) is 11.6 Å². The molecule has 29 heavy (non-hydrogen) atoms. The number of carbonyl (C=O) groups is 2. The summed E-state index contributed by atoms with van der Waals surface area (Å²) in [6.45, 7) is 2.18. The average Bonchev–Trinajstić information content (AvgIpc) is 2.70. The van der Waals surface area contributed by atoms with Crippen LogP contribution in [0.3, 0.4) is 0 Å². The van der Waals surface area contributed by atoms with Gasteiger partial charge in [0.15, 0.2) is 0 Å². The first-order chi connectivity index (χ1) is 13.8. The minimum Gasteiger partial charge on any atom is -0.480 e. The number of carbonyl (C=O) groups excluding carboxylic acids is 1. The van der Waals surface area contributed by atoms with Gasteiger partial charge in [0.1, 0.15) is 17.4 Å². The Bertz CT molecular complexity index is 1140. The molecule has 0 saturated carbocycles. The molecule has 8 heteroatoms. The number of nitrogens with one attached hydrogen (secondary N) is 1. The summed E-state index contributed by atoms with van der Waals surface area (Å²) in [7, 11) is 0. The molecule has 1 aromatic heterocycles. The maximum atomic E-state index is 13.9. The van der Waals surface area contributed by atoms with E-state index in [2.05, 4.69) is 5.32 Å². The van der Waals surface area contributed by atoms with E-state index in [1.54, 1.807) is 41.8 Å². The predicted octanol–water partition coefficient (Wildman–Crippen LogP) is 3.24. The van der Waals surface area contributed by atoms with Crippen molar-refractivity contribution in [1.82, 2.24) is 9.88 Å². The molecule has 0 aliphatic rings. The lowest BCUT2D eigenvalue weighted by Gasteiger charge is -2.16. The third-order valence-electron chi connectivity index (χ3n) is 4.59. The maximum Gasteiger partial charge on any atom is 0.326 e. The highest BCUT2D eigenvalue weighted by Gasteiger charge is 2.24. The SMILES string of the molecule is CCn1cc(C(=O)N[C@@H](Cc2ccccc2)C(=O)O)c(=O)c2cc(F)c(Cl)cc21. The number of nitrogens with zero attached hydrogens (tertiary/aromatic N) is 1. The number of benzene rings is 2. The Balaban J connectivity index is 1.99. The number of amides is 1. The van der Waals surface area contributed by atoms with Crippen LogP contribution >= 0.6 is 11.6 Å². The monoisotopic (exact) mass is 416 g/mol. The summed E-state index contributed by atoms with van der Waals surface area (Å²) in [6.07, 6.45) is 1.39. The molecule has 0 unspecified atom stereocenters. The van der Waals surface area contributed by atoms with Crippen LogP contribution in [-0.2, 0) is 17.8 Å². The molecule has 1 atom stereocenters. The first-order valence-electron chi connectivity index (χ1n) is 8.91. The number of hydrogen-bond donors (Lipinski definition) is 2. The van der Waals surface area contributed by atoms with Gasteiger partial charge in [0.05, 0.1) is 10.5 Å². The summed E-state index contributed by atoms with van der Waals surface area (Å²) in [4.78, 5) is 37.1. The normalized spacial score (nSPS) is 12.0. The third kappa shape index (κ3) is 4.30. The molecular weight excluding hydrogens is 399 g/mol. The van der Waals surface area contributed by atoms with Crippen LogP contribution in [0.4, 0.5) is 4.39 Å². The van der Waals surface area contributed by atoms with Crippen LogP contribution in [0.5, 0.6) is 0 Å². The summed E-state index contributed by atoms with van der Waals surface area (Å²) in [5.74, 6) is -2.83. The first-order valence-corrected chi connectivity index (χ1v) is 9.29. The van der Waals surface area contributed by atoms with Crippen molar-refractivity contribution in [2.75, 3.05) is 0 Å². The van der Waals surface area contributed by atoms with Gasteiger partial charge in [-0.05, 0) is 24.6 Å². The summed E-state index contributed by atoms with van der Waals surface area (Å²) in [6, 6.07) is 9.90. The van der Waals surface area contributed by atoms with Crippen molar-refractivity contribution in [1.29, 1.82) is 0 Å². The zero-order valence-electron chi connectivity index (χ0n) is 15.5. The Kier molecular flexibility index (Phi) is 5.98. The van der Waals surface area contributed by atoms with Crippen molar-refractivity contribution in [3.63, 3.8) is 0 Å². The molecule has 3 aromatic rings. The first kappa shape index (κ1) is 20.5. The number of fused-ring (bicyclic) bond motifs is 1. The highest BCUT2D eigenvalue weighted by Crippen LogP contribution is 2.21. The summed E-state index contributed by atoms with van der Waals surface area (Å²) >= 11 is 5.82. The number of carboxylic acid groups (broad SMARTS) is 1. The van der Waals surface area contributed by atoms with Gasteiger partial charge in [0, 0.05) is 24.5 Å². The lowest BCUT2D eigenvalue weighted by atomic mass is 10.1. The predicted molar refractivity (Wildman–Crippen MR) is 108 cm³/mol. The smallest absolute Gasteiger partial charge is 0.326 e. The fourth-order valence-corrected chi connectivity index (χ4v) is 3.25. The molecule has 2 aromatic carbocycles. The molecule has 0 bridgehead atoms. The van der Waals surface area contributed by atoms with Crippen LogP contribution in [-0.4, -0.2) is 27.6 Å². The average molecular weight is 417 g/mol. The van der Waals surface area contributed by atoms with E-state index >= 15 is 0 Å². The topological polar surface area (TPSA) is 88.4 Å². The van der Waals surface area contributed by atoms with Gasteiger partial charge in [-0.1, -0.05) is 41.9 Å². The van der Waals surface area contributed by atoms with Crippen LogP contribution in [0.1, 0.15) is 22.8 Å². The van der Waals surface area contributed by atoms with E-state index in [4.69, 9.17) is 11.6 Å². The summed E-state index contributed by atoms with van der Waals surface area (Å²) in [5, 5.41) is 11.7. The van der Waals surface area contributed by atoms with Crippen LogP contribution in [0.25, 0.3) is 10.9 Å². The van der Waals surface area contributed by atoms with Gasteiger partial charge >= 0.3 is 5.97 Å². The number of hydrogen-bond acceptors (Lipinski definition) is 3. The van der Waals surface area contributed by atoms with Gasteiger partial charge in [-0.3, -0.25) is 9.59 Å². The minimum atomic E-state index is -1.23. The molecule has 3 rings (SSSR count). The Morgan fingerprint density at radius 3 is 2.55 bits per heavy atom. The molecule has 0 aliphatic carbocycles. The van der Waals surface area contributed by atoms with E-state index in [1.165, 1.54) is 12.3 Å². The van der Waals surface area contributed by atoms with Crippen molar-refractivity contribution in [2.45, 2.75) is 25.9 Å². The number of pyridine rings is 1. The third-order valence-corrected chi connectivity index (χ3v) is 4.88. The molecule has 0 radical (unpaired) electrons. The van der Waals surface area contributed by atoms with Gasteiger partial charge in [-0.25, -0.2) is 9.18 Å². The number of carboxylic acids is 1. The lowest BCUT2D eigenvalue weighted by molar-refractivity contribution is -0.139. The van der Waals surface area contributed by atoms with Gasteiger partial charge in [0.2, 0.25) is 5.43 Å². The van der Waals surface area contributed by atoms with Crippen LogP contribution in [0.15, 0.2) is 53.5 Å². The minimum absolute atomic E-state index is 0.00339. The van der Waals surface area contributed by atoms with Crippen molar-refractivity contribution >= 4 is 34.4 Å². The fourth-order valence-electron chi connectivity index (χ4n) is 3.09. The van der Waals surface area contributed by atoms with Gasteiger partial charge in [0.25, 0.3) is 5.91 Å². The maximum absolute atomic E-state index is 13.9. The zero-order chi connectivity index (χ0) is 21.1. The van der Waals surface area contributed by atoms with Crippen molar-refractivity contribution in [2.24, 2.45) is 0 Å². The largest absolute Gasteiger partial charge is 0.480 e. The fraction of sp³-hybridized carbons (Fsp3) is 0.190. The van der Waals surface area contributed by atoms with Crippen molar-refractivity contribution in [3.05, 3.63) is 80.9 Å². The van der Waals surface area contributed by atoms with E-state index < -0.39 is 29.2 Å². The number of aliphatic carboxylic acids is 1. The number of halogens is 2. The van der Waals surface area contributed by atoms with E-state index in [0.29, 0.717) is 12.1 Å². The van der Waals surface area contributed by atoms with E-state index in [-0.39, 0.29) is 22.4 Å². The highest BCUT2D eigenvalue weighted by atomic mass is 35.5. The summed E-state index contributed by atoms with van der Waals surface area (Å²) in [5.41, 5.74) is 0.155. The quantitative estimate of drug-likeness (QED) is 0.645. The van der Waals surface area contributed by atoms with E-state index in [9.17, 15) is 23.9 Å². The van der Waals surface area contributed by atoms with Gasteiger partial charge in [-0.2, -0.15) is 0 Å². The Morgan fingerprint density at radius 2 is 1.93 bits per heavy atom. The van der Waals surface area contributed by atoms with Crippen molar-refractivity contribution in [3.8, 4) is 0 Å². The number of aryl methyl sites for hydroxylation is 1.